The Kier molecular flexibility index (Phi) is 4.31. The number of carbonyl (C=O) groups is 2. The fourth-order valence-electron chi connectivity index (χ4n) is 4.90. The molecule has 0 bridgehead atoms. The fraction of sp³-hybridized carbons (Fsp3) is 0.684. The number of carbonyl (C=O) groups excluding carboxylic acids is 1. The predicted molar refractivity (Wildman–Crippen MR) is 93.1 cm³/mol. The number of furan rings is 1. The highest BCUT2D eigenvalue weighted by atomic mass is 16.5. The third kappa shape index (κ3) is 2.74. The van der Waals surface area contributed by atoms with Gasteiger partial charge in [-0.1, -0.05) is 0 Å². The summed E-state index contributed by atoms with van der Waals surface area (Å²) in [4.78, 5) is 29.1. The lowest BCUT2D eigenvalue weighted by atomic mass is 9.81. The van der Waals surface area contributed by atoms with Crippen molar-refractivity contribution in [1.29, 1.82) is 0 Å². The van der Waals surface area contributed by atoms with Gasteiger partial charge in [-0.25, -0.2) is 0 Å². The molecule has 0 radical (unpaired) electrons. The minimum atomic E-state index is -0.860. The van der Waals surface area contributed by atoms with Gasteiger partial charge in [-0.15, -0.1) is 0 Å². The van der Waals surface area contributed by atoms with Gasteiger partial charge >= 0.3 is 5.97 Å². The van der Waals surface area contributed by atoms with Gasteiger partial charge in [-0.05, 0) is 32.8 Å². The number of aliphatic carboxylic acids is 1. The van der Waals surface area contributed by atoms with E-state index in [9.17, 15) is 14.7 Å². The van der Waals surface area contributed by atoms with E-state index in [1.165, 1.54) is 0 Å². The molecule has 1 aromatic rings. The Bertz CT molecular complexity index is 724. The topological polar surface area (TPSA) is 83.2 Å². The van der Waals surface area contributed by atoms with Crippen molar-refractivity contribution in [3.8, 4) is 0 Å². The zero-order chi connectivity index (χ0) is 18.5. The fourth-order valence-corrected chi connectivity index (χ4v) is 4.90. The molecular weight excluding hydrogens is 336 g/mol. The number of hydrogen-bond donors (Lipinski definition) is 1. The number of amides is 1. The summed E-state index contributed by atoms with van der Waals surface area (Å²) in [6, 6.07) is 2.14. The van der Waals surface area contributed by atoms with E-state index in [-0.39, 0.29) is 18.4 Å². The van der Waals surface area contributed by atoms with Crippen molar-refractivity contribution in [3.63, 3.8) is 0 Å². The molecule has 0 saturated carbocycles. The minimum absolute atomic E-state index is 0.0277. The molecule has 1 N–H and O–H groups in total. The number of aryl methyl sites for hydroxylation is 2. The van der Waals surface area contributed by atoms with Gasteiger partial charge in [-0.3, -0.25) is 14.5 Å². The second kappa shape index (κ2) is 6.39. The molecule has 3 aliphatic heterocycles. The van der Waals surface area contributed by atoms with Crippen LogP contribution in [-0.4, -0.2) is 72.2 Å². The average Bonchev–Trinajstić information content (AvgIpc) is 3.25. The van der Waals surface area contributed by atoms with Gasteiger partial charge in [0.05, 0.1) is 5.56 Å². The second-order valence-corrected chi connectivity index (χ2v) is 7.94. The van der Waals surface area contributed by atoms with E-state index in [0.29, 0.717) is 36.2 Å². The monoisotopic (exact) mass is 362 g/mol. The lowest BCUT2D eigenvalue weighted by Gasteiger charge is -2.33. The van der Waals surface area contributed by atoms with Crippen molar-refractivity contribution in [2.45, 2.75) is 32.7 Å². The molecule has 4 heterocycles. The first-order valence-electron chi connectivity index (χ1n) is 9.32. The highest BCUT2D eigenvalue weighted by Gasteiger charge is 2.59. The van der Waals surface area contributed by atoms with Gasteiger partial charge < -0.3 is 19.2 Å². The molecule has 3 aliphatic rings. The SMILES string of the molecule is Cc1cc(C(=O)N2C[C@@H]3CN(C4CCOCC4)C[C@]3(C(=O)O)C2)c(C)o1. The molecule has 142 valence electrons. The number of hydrogen-bond acceptors (Lipinski definition) is 5. The summed E-state index contributed by atoms with van der Waals surface area (Å²) < 4.78 is 10.9. The van der Waals surface area contributed by atoms with Crippen LogP contribution in [0, 0.1) is 25.2 Å². The highest BCUT2D eigenvalue weighted by molar-refractivity contribution is 5.96. The smallest absolute Gasteiger partial charge is 0.313 e. The molecule has 1 aromatic heterocycles. The van der Waals surface area contributed by atoms with Crippen molar-refractivity contribution >= 4 is 11.9 Å². The molecule has 26 heavy (non-hydrogen) atoms. The molecular formula is C19H26N2O5. The van der Waals surface area contributed by atoms with Crippen LogP contribution in [-0.2, 0) is 9.53 Å². The quantitative estimate of drug-likeness (QED) is 0.878. The molecule has 0 spiro atoms. The van der Waals surface area contributed by atoms with Gasteiger partial charge in [0.2, 0.25) is 0 Å². The van der Waals surface area contributed by atoms with E-state index in [1.54, 1.807) is 17.9 Å². The van der Waals surface area contributed by atoms with Crippen LogP contribution in [0.3, 0.4) is 0 Å². The molecule has 3 fully saturated rings. The standard InChI is InChI=1S/C19H26N2O5/c1-12-7-16(13(2)26-12)17(22)21-9-14-8-20(15-3-5-25-6-4-15)10-19(14,11-21)18(23)24/h7,14-15H,3-6,8-11H2,1-2H3,(H,23,24)/t14-,19-/m0/s1. The number of likely N-dealkylation sites (tertiary alicyclic amines) is 2. The maximum Gasteiger partial charge on any atom is 0.313 e. The van der Waals surface area contributed by atoms with Gasteiger partial charge in [0.25, 0.3) is 5.91 Å². The van der Waals surface area contributed by atoms with Crippen LogP contribution >= 0.6 is 0 Å². The van der Waals surface area contributed by atoms with Gasteiger partial charge in [0.15, 0.2) is 0 Å². The second-order valence-electron chi connectivity index (χ2n) is 7.94. The Balaban J connectivity index is 1.52. The van der Waals surface area contributed by atoms with Crippen molar-refractivity contribution in [2.24, 2.45) is 11.3 Å². The normalized spacial score (nSPS) is 29.9. The zero-order valence-corrected chi connectivity index (χ0v) is 15.4. The first-order valence-corrected chi connectivity index (χ1v) is 9.32. The van der Waals surface area contributed by atoms with E-state index in [2.05, 4.69) is 4.90 Å². The molecule has 1 amide bonds. The van der Waals surface area contributed by atoms with E-state index < -0.39 is 11.4 Å². The van der Waals surface area contributed by atoms with Gasteiger partial charge in [-0.2, -0.15) is 0 Å². The molecule has 7 heteroatoms. The van der Waals surface area contributed by atoms with Crippen molar-refractivity contribution < 1.29 is 23.8 Å². The maximum absolute atomic E-state index is 12.9. The number of fused-ring (bicyclic) bond motifs is 1. The Morgan fingerprint density at radius 2 is 1.92 bits per heavy atom. The lowest BCUT2D eigenvalue weighted by molar-refractivity contribution is -0.148. The van der Waals surface area contributed by atoms with Crippen molar-refractivity contribution in [1.82, 2.24) is 9.80 Å². The van der Waals surface area contributed by atoms with Gasteiger partial charge in [0.1, 0.15) is 16.9 Å². The van der Waals surface area contributed by atoms with Crippen LogP contribution in [0.1, 0.15) is 34.7 Å². The van der Waals surface area contributed by atoms with E-state index in [1.807, 2.05) is 6.92 Å². The Hall–Kier alpha value is -1.86. The number of ether oxygens (including phenoxy) is 1. The summed E-state index contributed by atoms with van der Waals surface area (Å²) in [7, 11) is 0. The van der Waals surface area contributed by atoms with E-state index in [0.717, 1.165) is 32.6 Å². The van der Waals surface area contributed by atoms with Crippen LogP contribution in [0.25, 0.3) is 0 Å². The predicted octanol–water partition coefficient (Wildman–Crippen LogP) is 1.53. The molecule has 7 nitrogen and oxygen atoms in total. The third-order valence-corrected chi connectivity index (χ3v) is 6.33. The first-order chi connectivity index (χ1) is 12.4. The third-order valence-electron chi connectivity index (χ3n) is 6.33. The number of nitrogens with zero attached hydrogens (tertiary/aromatic N) is 2. The minimum Gasteiger partial charge on any atom is -0.481 e. The molecule has 0 unspecified atom stereocenters. The van der Waals surface area contributed by atoms with Crippen LogP contribution in [0.5, 0.6) is 0 Å². The van der Waals surface area contributed by atoms with Gasteiger partial charge in [0, 0.05) is 51.4 Å². The highest BCUT2D eigenvalue weighted by Crippen LogP contribution is 2.44. The van der Waals surface area contributed by atoms with E-state index >= 15 is 0 Å². The summed E-state index contributed by atoms with van der Waals surface area (Å²) in [6.07, 6.45) is 1.91. The molecule has 2 atom stereocenters. The number of carboxylic acids is 1. The number of rotatable bonds is 3. The summed E-state index contributed by atoms with van der Waals surface area (Å²) in [5.41, 5.74) is -0.315. The van der Waals surface area contributed by atoms with E-state index in [4.69, 9.17) is 9.15 Å². The average molecular weight is 362 g/mol. The summed E-state index contributed by atoms with van der Waals surface area (Å²) in [6.45, 7) is 7.11. The Labute approximate surface area is 152 Å². The molecule has 0 aromatic carbocycles. The van der Waals surface area contributed by atoms with Crippen molar-refractivity contribution in [3.05, 3.63) is 23.2 Å². The number of carboxylic acid groups (broad SMARTS) is 1. The lowest BCUT2D eigenvalue weighted by Crippen LogP contribution is -2.45. The first kappa shape index (κ1) is 17.5. The van der Waals surface area contributed by atoms with Crippen molar-refractivity contribution in [2.75, 3.05) is 39.4 Å². The molecule has 4 rings (SSSR count). The summed E-state index contributed by atoms with van der Waals surface area (Å²) >= 11 is 0. The maximum atomic E-state index is 12.9. The molecule has 0 aliphatic carbocycles. The summed E-state index contributed by atoms with van der Waals surface area (Å²) in [5.74, 6) is 0.362. The molecule has 3 saturated heterocycles. The van der Waals surface area contributed by atoms with Crippen LogP contribution in [0.4, 0.5) is 0 Å². The van der Waals surface area contributed by atoms with Crippen LogP contribution in [0.15, 0.2) is 10.5 Å². The summed E-state index contributed by atoms with van der Waals surface area (Å²) in [5, 5.41) is 10.0. The van der Waals surface area contributed by atoms with Crippen LogP contribution in [0.2, 0.25) is 0 Å². The van der Waals surface area contributed by atoms with Crippen LogP contribution < -0.4 is 0 Å². The zero-order valence-electron chi connectivity index (χ0n) is 15.4. The Morgan fingerprint density at radius 3 is 2.50 bits per heavy atom. The largest absolute Gasteiger partial charge is 0.481 e. The Morgan fingerprint density at radius 1 is 1.19 bits per heavy atom.